The van der Waals surface area contributed by atoms with Gasteiger partial charge in [0.1, 0.15) is 7.05 Å². The van der Waals surface area contributed by atoms with E-state index in [0.29, 0.717) is 0 Å². The molecular formula is C48H47N2S+. The lowest BCUT2D eigenvalue weighted by molar-refractivity contribution is -0.401. The molecule has 51 heavy (non-hydrogen) atoms. The highest BCUT2D eigenvalue weighted by atomic mass is 32.2. The Kier molecular flexibility index (Phi) is 8.51. The number of likely N-dealkylation sites (N-methyl/N-ethyl adjacent to an activating group) is 1. The van der Waals surface area contributed by atoms with Gasteiger partial charge >= 0.3 is 0 Å². The monoisotopic (exact) mass is 683 g/mol. The van der Waals surface area contributed by atoms with Crippen LogP contribution in [-0.4, -0.2) is 24.4 Å². The van der Waals surface area contributed by atoms with E-state index in [1.807, 2.05) is 11.8 Å². The van der Waals surface area contributed by atoms with Crippen LogP contribution in [-0.2, 0) is 10.8 Å². The fourth-order valence-corrected chi connectivity index (χ4v) is 9.97. The molecule has 2 nitrogen and oxygen atoms in total. The van der Waals surface area contributed by atoms with Crippen LogP contribution >= 0.6 is 11.8 Å². The van der Waals surface area contributed by atoms with Gasteiger partial charge in [0.25, 0.3) is 0 Å². The number of benzene rings is 5. The van der Waals surface area contributed by atoms with Crippen LogP contribution in [0.1, 0.15) is 58.1 Å². The summed E-state index contributed by atoms with van der Waals surface area (Å²) in [5, 5.41) is 5.30. The van der Waals surface area contributed by atoms with Gasteiger partial charge in [0.2, 0.25) is 5.69 Å². The zero-order valence-corrected chi connectivity index (χ0v) is 31.5. The van der Waals surface area contributed by atoms with Gasteiger partial charge < -0.3 is 4.90 Å². The Balaban J connectivity index is 1.13. The summed E-state index contributed by atoms with van der Waals surface area (Å²) in [5.41, 5.74) is 10.7. The molecule has 8 rings (SSSR count). The van der Waals surface area contributed by atoms with Crippen LogP contribution < -0.4 is 4.90 Å². The van der Waals surface area contributed by atoms with Crippen LogP contribution in [0.5, 0.6) is 0 Å². The van der Waals surface area contributed by atoms with Crippen LogP contribution in [0.3, 0.4) is 0 Å². The van der Waals surface area contributed by atoms with Crippen molar-refractivity contribution in [2.24, 2.45) is 0 Å². The van der Waals surface area contributed by atoms with Crippen molar-refractivity contribution in [1.29, 1.82) is 0 Å². The van der Waals surface area contributed by atoms with Crippen molar-refractivity contribution in [3.63, 3.8) is 0 Å². The Bertz CT molecular complexity index is 2380. The highest BCUT2D eigenvalue weighted by Crippen LogP contribution is 2.50. The largest absolute Gasteiger partial charge is 0.347 e. The van der Waals surface area contributed by atoms with Crippen LogP contribution in [0.25, 0.3) is 21.5 Å². The summed E-state index contributed by atoms with van der Waals surface area (Å²) in [6.07, 6.45) is 17.3. The first-order valence-electron chi connectivity index (χ1n) is 18.3. The van der Waals surface area contributed by atoms with E-state index in [4.69, 9.17) is 0 Å². The van der Waals surface area contributed by atoms with Crippen molar-refractivity contribution in [3.8, 4) is 0 Å². The van der Waals surface area contributed by atoms with Gasteiger partial charge in [-0.3, -0.25) is 0 Å². The zero-order chi connectivity index (χ0) is 35.3. The normalized spacial score (nSPS) is 19.8. The Morgan fingerprint density at radius 2 is 1.31 bits per heavy atom. The van der Waals surface area contributed by atoms with Crippen LogP contribution in [0.15, 0.2) is 166 Å². The average Bonchev–Trinajstić information content (AvgIpc) is 3.46. The molecule has 2 heterocycles. The minimum atomic E-state index is -0.106. The number of anilines is 1. The van der Waals surface area contributed by atoms with Gasteiger partial charge in [0.05, 0.1) is 5.41 Å². The smallest absolute Gasteiger partial charge is 0.210 e. The van der Waals surface area contributed by atoms with E-state index in [9.17, 15) is 0 Å². The highest BCUT2D eigenvalue weighted by molar-refractivity contribution is 8.03. The van der Waals surface area contributed by atoms with Crippen molar-refractivity contribution < 1.29 is 4.58 Å². The average molecular weight is 684 g/mol. The molecule has 0 spiro atoms. The summed E-state index contributed by atoms with van der Waals surface area (Å²) in [6.45, 7) is 9.48. The van der Waals surface area contributed by atoms with E-state index in [1.165, 1.54) is 76.4 Å². The quantitative estimate of drug-likeness (QED) is 0.164. The Morgan fingerprint density at radius 3 is 2.06 bits per heavy atom. The third-order valence-corrected chi connectivity index (χ3v) is 12.6. The molecule has 0 unspecified atom stereocenters. The van der Waals surface area contributed by atoms with E-state index in [-0.39, 0.29) is 10.8 Å². The van der Waals surface area contributed by atoms with Crippen LogP contribution in [0, 0.1) is 0 Å². The summed E-state index contributed by atoms with van der Waals surface area (Å²) in [7, 11) is 4.44. The number of thioether (sulfide) groups is 1. The number of fused-ring (bicyclic) bond motifs is 6. The molecule has 254 valence electrons. The number of hydrogen-bond donors (Lipinski definition) is 0. The summed E-state index contributed by atoms with van der Waals surface area (Å²) in [5.74, 6) is 0. The molecule has 3 heteroatoms. The van der Waals surface area contributed by atoms with Crippen molar-refractivity contribution in [3.05, 3.63) is 172 Å². The minimum Gasteiger partial charge on any atom is -0.347 e. The van der Waals surface area contributed by atoms with Crippen LogP contribution in [0.2, 0.25) is 0 Å². The number of allylic oxidation sites excluding steroid dienone is 9. The van der Waals surface area contributed by atoms with Gasteiger partial charge in [-0.2, -0.15) is 4.58 Å². The highest BCUT2D eigenvalue weighted by Gasteiger charge is 2.44. The molecule has 5 aromatic rings. The van der Waals surface area contributed by atoms with Gasteiger partial charge in [0, 0.05) is 51.4 Å². The second-order valence-electron chi connectivity index (χ2n) is 15.2. The fourth-order valence-electron chi connectivity index (χ4n) is 8.84. The maximum atomic E-state index is 2.42. The topological polar surface area (TPSA) is 6.25 Å². The molecule has 3 aliphatic rings. The number of hydrogen-bond acceptors (Lipinski definition) is 2. The SMILES string of the molecule is CN1/C(=C/C=C/C=C2\CCCC(/C=C/C3=[N+](C)c4ccc5ccccc5c4C3(C)C)=C2Sc2ccccc2)C(C)(C)c2c1ccc1ccccc21. The Hall–Kier alpha value is -4.86. The van der Waals surface area contributed by atoms with E-state index < -0.39 is 0 Å². The van der Waals surface area contributed by atoms with E-state index in [1.54, 1.807) is 0 Å². The molecule has 0 atom stereocenters. The van der Waals surface area contributed by atoms with Crippen LogP contribution in [0.4, 0.5) is 11.4 Å². The van der Waals surface area contributed by atoms with Crippen molar-refractivity contribution in [2.75, 3.05) is 19.0 Å². The second kappa shape index (κ2) is 13.0. The molecule has 1 aliphatic carbocycles. The molecule has 0 aromatic heterocycles. The number of rotatable bonds is 6. The second-order valence-corrected chi connectivity index (χ2v) is 16.3. The minimum absolute atomic E-state index is 0.0930. The zero-order valence-electron chi connectivity index (χ0n) is 30.7. The predicted octanol–water partition coefficient (Wildman–Crippen LogP) is 12.6. The summed E-state index contributed by atoms with van der Waals surface area (Å²) < 4.78 is 2.40. The molecule has 0 fully saturated rings. The summed E-state index contributed by atoms with van der Waals surface area (Å²) >= 11 is 1.91. The first-order chi connectivity index (χ1) is 24.7. The standard InChI is InChI=1S/C48H47N2S/c1-47(2)42(49(5)40-30-27-33-17-10-13-24-38(33)44(40)47)26-15-12-19-35-20-16-21-36(46(35)51-37-22-8-7-9-23-37)29-32-43-48(3,4)45-39-25-14-11-18-34(39)28-31-41(45)50(43)6/h7-15,17-19,22-32H,16,20-21H2,1-6H3/q+1. The molecule has 5 aromatic carbocycles. The van der Waals surface area contributed by atoms with Crippen molar-refractivity contribution >= 4 is 50.4 Å². The molecule has 0 radical (unpaired) electrons. The van der Waals surface area contributed by atoms with E-state index in [0.717, 1.165) is 19.3 Å². The lowest BCUT2D eigenvalue weighted by Gasteiger charge is -2.24. The van der Waals surface area contributed by atoms with Crippen molar-refractivity contribution in [1.82, 2.24) is 0 Å². The molecular weight excluding hydrogens is 637 g/mol. The third-order valence-electron chi connectivity index (χ3n) is 11.3. The first-order valence-corrected chi connectivity index (χ1v) is 19.1. The van der Waals surface area contributed by atoms with Gasteiger partial charge in [-0.1, -0.05) is 123 Å². The van der Waals surface area contributed by atoms with Gasteiger partial charge in [-0.05, 0) is 102 Å². The molecule has 0 saturated heterocycles. The predicted molar refractivity (Wildman–Crippen MR) is 221 cm³/mol. The third kappa shape index (κ3) is 5.72. The molecule has 2 aliphatic heterocycles. The van der Waals surface area contributed by atoms with E-state index in [2.05, 4.69) is 191 Å². The Labute approximate surface area is 307 Å². The van der Waals surface area contributed by atoms with E-state index >= 15 is 0 Å². The molecule has 0 amide bonds. The Morgan fingerprint density at radius 1 is 0.667 bits per heavy atom. The molecule has 0 saturated carbocycles. The molecule has 0 bridgehead atoms. The maximum absolute atomic E-state index is 2.42. The van der Waals surface area contributed by atoms with Gasteiger partial charge in [0.15, 0.2) is 5.71 Å². The van der Waals surface area contributed by atoms with Crippen molar-refractivity contribution in [2.45, 2.75) is 62.7 Å². The van der Waals surface area contributed by atoms with Gasteiger partial charge in [-0.25, -0.2) is 0 Å². The summed E-state index contributed by atoms with van der Waals surface area (Å²) in [4.78, 5) is 5.04. The van der Waals surface area contributed by atoms with Gasteiger partial charge in [-0.15, -0.1) is 0 Å². The fraction of sp³-hybridized carbons (Fsp3) is 0.229. The lowest BCUT2D eigenvalue weighted by Crippen LogP contribution is -2.27. The first kappa shape index (κ1) is 33.3. The summed E-state index contributed by atoms with van der Waals surface area (Å²) in [6, 6.07) is 37.5. The maximum Gasteiger partial charge on any atom is 0.210 e. The lowest BCUT2D eigenvalue weighted by atomic mass is 9.79. The number of nitrogens with zero attached hydrogens (tertiary/aromatic N) is 2. The molecule has 0 N–H and O–H groups in total.